The standard InChI is InChI=1S/C30H25NO2/c1-2-30(32)33-23-26-17-21-29(22-18-26)31(27-11-7-4-8-12-27)28-19-15-25(16-20-28)14-13-24-9-5-3-6-10-24/h2-22H,1,23H2. The van der Waals surface area contributed by atoms with Crippen LogP contribution in [0.1, 0.15) is 16.7 Å². The minimum absolute atomic E-state index is 0.221. The fraction of sp³-hybridized carbons (Fsp3) is 0.0333. The van der Waals surface area contributed by atoms with Crippen molar-refractivity contribution in [3.8, 4) is 0 Å². The first-order chi connectivity index (χ1) is 16.2. The summed E-state index contributed by atoms with van der Waals surface area (Å²) in [5.41, 5.74) is 6.37. The van der Waals surface area contributed by atoms with E-state index in [-0.39, 0.29) is 6.61 Å². The monoisotopic (exact) mass is 431 g/mol. The fourth-order valence-corrected chi connectivity index (χ4v) is 3.47. The lowest BCUT2D eigenvalue weighted by atomic mass is 10.1. The first-order valence-electron chi connectivity index (χ1n) is 10.8. The molecule has 0 aliphatic rings. The van der Waals surface area contributed by atoms with Gasteiger partial charge < -0.3 is 9.64 Å². The van der Waals surface area contributed by atoms with Gasteiger partial charge in [-0.1, -0.05) is 91.5 Å². The quantitative estimate of drug-likeness (QED) is 0.164. The van der Waals surface area contributed by atoms with Gasteiger partial charge in [-0.15, -0.1) is 0 Å². The molecule has 0 aromatic heterocycles. The van der Waals surface area contributed by atoms with Gasteiger partial charge in [-0.3, -0.25) is 0 Å². The van der Waals surface area contributed by atoms with Crippen molar-refractivity contribution in [3.05, 3.63) is 139 Å². The first kappa shape index (κ1) is 21.8. The molecule has 0 aliphatic carbocycles. The van der Waals surface area contributed by atoms with Crippen LogP contribution in [0.15, 0.2) is 122 Å². The molecule has 4 aromatic rings. The van der Waals surface area contributed by atoms with Gasteiger partial charge in [0.1, 0.15) is 6.61 Å². The van der Waals surface area contributed by atoms with Crippen molar-refractivity contribution in [3.63, 3.8) is 0 Å². The normalized spacial score (nSPS) is 10.7. The summed E-state index contributed by atoms with van der Waals surface area (Å²) in [6.45, 7) is 3.65. The van der Waals surface area contributed by atoms with E-state index in [1.165, 1.54) is 11.6 Å². The molecule has 0 heterocycles. The molecule has 4 aromatic carbocycles. The van der Waals surface area contributed by atoms with Crippen LogP contribution in [0.3, 0.4) is 0 Å². The topological polar surface area (TPSA) is 29.5 Å². The van der Waals surface area contributed by atoms with Gasteiger partial charge in [-0.25, -0.2) is 4.79 Å². The summed E-state index contributed by atoms with van der Waals surface area (Å²) in [7, 11) is 0. The van der Waals surface area contributed by atoms with Crippen LogP contribution in [0.5, 0.6) is 0 Å². The Hall–Kier alpha value is -4.37. The molecule has 0 unspecified atom stereocenters. The molecule has 3 nitrogen and oxygen atoms in total. The van der Waals surface area contributed by atoms with Gasteiger partial charge in [0.05, 0.1) is 0 Å². The van der Waals surface area contributed by atoms with Gasteiger partial charge in [0, 0.05) is 23.1 Å². The molecule has 0 saturated heterocycles. The zero-order valence-electron chi connectivity index (χ0n) is 18.3. The Bertz CT molecular complexity index is 1210. The van der Waals surface area contributed by atoms with E-state index >= 15 is 0 Å². The molecular weight excluding hydrogens is 406 g/mol. The van der Waals surface area contributed by atoms with E-state index in [4.69, 9.17) is 4.74 Å². The van der Waals surface area contributed by atoms with Crippen molar-refractivity contribution in [1.29, 1.82) is 0 Å². The number of benzene rings is 4. The number of carbonyl (C=O) groups excluding carboxylic acids is 1. The van der Waals surface area contributed by atoms with Crippen molar-refractivity contribution >= 4 is 35.2 Å². The van der Waals surface area contributed by atoms with E-state index in [1.807, 2.05) is 60.7 Å². The molecule has 0 N–H and O–H groups in total. The van der Waals surface area contributed by atoms with E-state index in [2.05, 4.69) is 72.2 Å². The highest BCUT2D eigenvalue weighted by Crippen LogP contribution is 2.34. The molecule has 0 radical (unpaired) electrons. The zero-order valence-corrected chi connectivity index (χ0v) is 18.3. The minimum Gasteiger partial charge on any atom is -0.458 e. The third-order valence-electron chi connectivity index (χ3n) is 5.18. The van der Waals surface area contributed by atoms with Gasteiger partial charge in [0.15, 0.2) is 0 Å². The number of para-hydroxylation sites is 1. The van der Waals surface area contributed by atoms with E-state index in [0.29, 0.717) is 0 Å². The lowest BCUT2D eigenvalue weighted by Crippen LogP contribution is -2.10. The SMILES string of the molecule is C=CC(=O)OCc1ccc(N(c2ccccc2)c2ccc(C=Cc3ccccc3)cc2)cc1. The Morgan fingerprint density at radius 3 is 1.73 bits per heavy atom. The predicted octanol–water partition coefficient (Wildman–Crippen LogP) is 7.56. The lowest BCUT2D eigenvalue weighted by molar-refractivity contribution is -0.138. The average Bonchev–Trinajstić information content (AvgIpc) is 2.89. The molecule has 0 saturated carbocycles. The van der Waals surface area contributed by atoms with Crippen molar-refractivity contribution in [2.75, 3.05) is 4.90 Å². The summed E-state index contributed by atoms with van der Waals surface area (Å²) >= 11 is 0. The molecule has 0 fully saturated rings. The van der Waals surface area contributed by atoms with Crippen molar-refractivity contribution in [1.82, 2.24) is 0 Å². The maximum atomic E-state index is 11.3. The van der Waals surface area contributed by atoms with Crippen LogP contribution >= 0.6 is 0 Å². The van der Waals surface area contributed by atoms with E-state index in [1.54, 1.807) is 0 Å². The van der Waals surface area contributed by atoms with Crippen LogP contribution in [-0.2, 0) is 16.1 Å². The third-order valence-corrected chi connectivity index (χ3v) is 5.18. The third kappa shape index (κ3) is 5.86. The molecule has 0 bridgehead atoms. The van der Waals surface area contributed by atoms with Gasteiger partial charge in [0.2, 0.25) is 0 Å². The number of rotatable bonds is 8. The molecule has 33 heavy (non-hydrogen) atoms. The minimum atomic E-state index is -0.425. The highest BCUT2D eigenvalue weighted by atomic mass is 16.5. The van der Waals surface area contributed by atoms with Gasteiger partial charge in [-0.05, 0) is 53.1 Å². The van der Waals surface area contributed by atoms with Gasteiger partial charge >= 0.3 is 5.97 Å². The Morgan fingerprint density at radius 2 is 1.15 bits per heavy atom. The van der Waals surface area contributed by atoms with Crippen LogP contribution in [0, 0.1) is 0 Å². The van der Waals surface area contributed by atoms with Crippen LogP contribution in [-0.4, -0.2) is 5.97 Å². The van der Waals surface area contributed by atoms with Crippen LogP contribution in [0.4, 0.5) is 17.1 Å². The summed E-state index contributed by atoms with van der Waals surface area (Å²) in [6.07, 6.45) is 5.40. The number of hydrogen-bond donors (Lipinski definition) is 0. The summed E-state index contributed by atoms with van der Waals surface area (Å²) in [5, 5.41) is 0. The Morgan fingerprint density at radius 1 is 0.667 bits per heavy atom. The van der Waals surface area contributed by atoms with Crippen molar-refractivity contribution in [2.24, 2.45) is 0 Å². The van der Waals surface area contributed by atoms with E-state index < -0.39 is 5.97 Å². The molecule has 0 aliphatic heterocycles. The molecule has 3 heteroatoms. The summed E-state index contributed by atoms with van der Waals surface area (Å²) < 4.78 is 5.14. The van der Waals surface area contributed by atoms with Crippen molar-refractivity contribution < 1.29 is 9.53 Å². The largest absolute Gasteiger partial charge is 0.458 e. The molecule has 0 atom stereocenters. The second-order valence-electron chi connectivity index (χ2n) is 7.48. The highest BCUT2D eigenvalue weighted by molar-refractivity contribution is 5.81. The number of esters is 1. The predicted molar refractivity (Wildman–Crippen MR) is 136 cm³/mol. The summed E-state index contributed by atoms with van der Waals surface area (Å²) in [4.78, 5) is 13.5. The summed E-state index contributed by atoms with van der Waals surface area (Å²) in [6, 6.07) is 37.0. The van der Waals surface area contributed by atoms with E-state index in [9.17, 15) is 4.79 Å². The molecule has 162 valence electrons. The lowest BCUT2D eigenvalue weighted by Gasteiger charge is -2.25. The summed E-state index contributed by atoms with van der Waals surface area (Å²) in [5.74, 6) is -0.425. The van der Waals surface area contributed by atoms with Crippen LogP contribution < -0.4 is 4.90 Å². The Kier molecular flexibility index (Phi) is 7.14. The molecular formula is C30H25NO2. The second kappa shape index (κ2) is 10.8. The average molecular weight is 432 g/mol. The smallest absolute Gasteiger partial charge is 0.330 e. The van der Waals surface area contributed by atoms with Gasteiger partial charge in [0.25, 0.3) is 0 Å². The second-order valence-corrected chi connectivity index (χ2v) is 7.48. The van der Waals surface area contributed by atoms with Crippen LogP contribution in [0.2, 0.25) is 0 Å². The number of hydrogen-bond acceptors (Lipinski definition) is 3. The van der Waals surface area contributed by atoms with E-state index in [0.717, 1.165) is 28.2 Å². The number of carbonyl (C=O) groups is 1. The maximum absolute atomic E-state index is 11.3. The Labute approximate surface area is 194 Å². The number of nitrogens with zero attached hydrogens (tertiary/aromatic N) is 1. The first-order valence-corrected chi connectivity index (χ1v) is 10.8. The maximum Gasteiger partial charge on any atom is 0.330 e. The highest BCUT2D eigenvalue weighted by Gasteiger charge is 2.12. The van der Waals surface area contributed by atoms with Crippen LogP contribution in [0.25, 0.3) is 12.2 Å². The molecule has 0 spiro atoms. The zero-order chi connectivity index (χ0) is 22.9. The number of anilines is 3. The van der Waals surface area contributed by atoms with Crippen molar-refractivity contribution in [2.45, 2.75) is 6.61 Å². The Balaban J connectivity index is 1.58. The van der Waals surface area contributed by atoms with Gasteiger partial charge in [-0.2, -0.15) is 0 Å². The molecule has 0 amide bonds. The number of ether oxygens (including phenoxy) is 1. The molecule has 4 rings (SSSR count). The fourth-order valence-electron chi connectivity index (χ4n) is 3.47.